The lowest BCUT2D eigenvalue weighted by Gasteiger charge is -2.19. The fourth-order valence-corrected chi connectivity index (χ4v) is 3.41. The van der Waals surface area contributed by atoms with Crippen molar-refractivity contribution >= 4 is 5.97 Å². The highest BCUT2D eigenvalue weighted by Gasteiger charge is 2.39. The summed E-state index contributed by atoms with van der Waals surface area (Å²) in [7, 11) is 0. The van der Waals surface area contributed by atoms with E-state index >= 15 is 0 Å². The van der Waals surface area contributed by atoms with Crippen molar-refractivity contribution in [2.45, 2.75) is 83.0 Å². The van der Waals surface area contributed by atoms with E-state index in [2.05, 4.69) is 6.92 Å². The molecule has 0 amide bonds. The molecule has 25 heavy (non-hydrogen) atoms. The highest BCUT2D eigenvalue weighted by molar-refractivity contribution is 5.66. The lowest BCUT2D eigenvalue weighted by molar-refractivity contribution is -0.137. The summed E-state index contributed by atoms with van der Waals surface area (Å²) < 4.78 is 0. The van der Waals surface area contributed by atoms with Gasteiger partial charge < -0.3 is 20.4 Å². The van der Waals surface area contributed by atoms with Gasteiger partial charge in [0.1, 0.15) is 0 Å². The van der Waals surface area contributed by atoms with Crippen molar-refractivity contribution in [1.29, 1.82) is 0 Å². The lowest BCUT2D eigenvalue weighted by Crippen LogP contribution is -2.20. The molecule has 0 saturated heterocycles. The highest BCUT2D eigenvalue weighted by atomic mass is 16.4. The van der Waals surface area contributed by atoms with E-state index in [9.17, 15) is 20.1 Å². The van der Waals surface area contributed by atoms with Crippen LogP contribution in [0.1, 0.15) is 64.7 Å². The summed E-state index contributed by atoms with van der Waals surface area (Å²) in [5.74, 6) is -1.00. The largest absolute Gasteiger partial charge is 0.481 e. The zero-order valence-corrected chi connectivity index (χ0v) is 15.3. The molecule has 4 N–H and O–H groups in total. The monoisotopic (exact) mass is 354 g/mol. The smallest absolute Gasteiger partial charge is 0.303 e. The Bertz CT molecular complexity index is 432. The van der Waals surface area contributed by atoms with Gasteiger partial charge in [0.25, 0.3) is 0 Å². The summed E-state index contributed by atoms with van der Waals surface area (Å²) in [6.45, 7) is 2.12. The van der Waals surface area contributed by atoms with Gasteiger partial charge in [0.05, 0.1) is 18.3 Å². The first-order valence-corrected chi connectivity index (χ1v) is 9.55. The number of aliphatic hydroxyl groups is 3. The third-order valence-corrected chi connectivity index (χ3v) is 4.91. The van der Waals surface area contributed by atoms with Gasteiger partial charge in [-0.25, -0.2) is 0 Å². The van der Waals surface area contributed by atoms with Crippen LogP contribution in [-0.4, -0.2) is 44.7 Å². The zero-order valence-electron chi connectivity index (χ0n) is 15.3. The molecular formula is C20H34O5. The lowest BCUT2D eigenvalue weighted by atomic mass is 9.89. The van der Waals surface area contributed by atoms with Crippen molar-refractivity contribution in [3.8, 4) is 0 Å². The second kappa shape index (κ2) is 12.2. The summed E-state index contributed by atoms with van der Waals surface area (Å²) in [6.07, 6.45) is 12.3. The molecule has 5 atom stereocenters. The Labute approximate surface area is 151 Å². The van der Waals surface area contributed by atoms with Gasteiger partial charge >= 0.3 is 5.97 Å². The first kappa shape index (κ1) is 21.9. The van der Waals surface area contributed by atoms with Crippen LogP contribution in [0.5, 0.6) is 0 Å². The predicted molar refractivity (Wildman–Crippen MR) is 98.1 cm³/mol. The molecule has 1 saturated carbocycles. The quantitative estimate of drug-likeness (QED) is 0.319. The van der Waals surface area contributed by atoms with Crippen LogP contribution >= 0.6 is 0 Å². The van der Waals surface area contributed by atoms with Crippen molar-refractivity contribution < 1.29 is 25.2 Å². The minimum atomic E-state index is -0.787. The van der Waals surface area contributed by atoms with Gasteiger partial charge in [-0.2, -0.15) is 0 Å². The third-order valence-electron chi connectivity index (χ3n) is 4.91. The number of hydrogen-bond acceptors (Lipinski definition) is 4. The first-order valence-electron chi connectivity index (χ1n) is 9.55. The molecule has 1 fully saturated rings. The number of aliphatic carboxylic acids is 1. The molecule has 5 nitrogen and oxygen atoms in total. The summed E-state index contributed by atoms with van der Waals surface area (Å²) >= 11 is 0. The van der Waals surface area contributed by atoms with Crippen LogP contribution in [0.4, 0.5) is 0 Å². The minimum Gasteiger partial charge on any atom is -0.481 e. The van der Waals surface area contributed by atoms with Crippen molar-refractivity contribution in [1.82, 2.24) is 0 Å². The summed E-state index contributed by atoms with van der Waals surface area (Å²) in [4.78, 5) is 10.5. The number of aliphatic hydroxyl groups excluding tert-OH is 3. The van der Waals surface area contributed by atoms with E-state index in [1.807, 2.05) is 18.2 Å². The molecule has 5 heteroatoms. The number of hydrogen-bond donors (Lipinski definition) is 4. The molecule has 0 aliphatic heterocycles. The van der Waals surface area contributed by atoms with E-state index in [0.717, 1.165) is 25.7 Å². The highest BCUT2D eigenvalue weighted by Crippen LogP contribution is 2.36. The zero-order chi connectivity index (χ0) is 18.7. The molecule has 0 bridgehead atoms. The predicted octanol–water partition coefficient (Wildman–Crippen LogP) is 3.04. The third kappa shape index (κ3) is 8.66. The Kier molecular flexibility index (Phi) is 10.7. The average molecular weight is 354 g/mol. The number of rotatable bonds is 12. The Morgan fingerprint density at radius 3 is 2.60 bits per heavy atom. The van der Waals surface area contributed by atoms with Gasteiger partial charge in [-0.15, -0.1) is 0 Å². The standard InChI is InChI=1S/C20H34O5/c1-2-3-6-9-15(21)12-13-17-16(18(22)14-19(17)23)10-7-4-5-8-11-20(24)25/h4,7,12-13,15-19,21-23H,2-3,5-6,8-11,14H2,1H3,(H,24,25)/b7-4-,13-12+/t15-,16+,17+,18?,19+/m0/s1. The van der Waals surface area contributed by atoms with Crippen LogP contribution in [0.15, 0.2) is 24.3 Å². The molecule has 0 spiro atoms. The van der Waals surface area contributed by atoms with Crippen LogP contribution in [0.3, 0.4) is 0 Å². The number of carboxylic acids is 1. The van der Waals surface area contributed by atoms with Crippen LogP contribution in [-0.2, 0) is 4.79 Å². The molecule has 0 aromatic carbocycles. The van der Waals surface area contributed by atoms with E-state index in [0.29, 0.717) is 25.7 Å². The van der Waals surface area contributed by atoms with Crippen LogP contribution in [0, 0.1) is 11.8 Å². The van der Waals surface area contributed by atoms with Crippen molar-refractivity contribution in [3.63, 3.8) is 0 Å². The van der Waals surface area contributed by atoms with E-state index in [1.165, 1.54) is 0 Å². The number of carboxylic acid groups (broad SMARTS) is 1. The molecule has 1 aliphatic rings. The molecule has 0 aromatic rings. The minimum absolute atomic E-state index is 0.0650. The van der Waals surface area contributed by atoms with Crippen LogP contribution < -0.4 is 0 Å². The molecular weight excluding hydrogens is 320 g/mol. The molecule has 1 unspecified atom stereocenters. The normalized spacial score (nSPS) is 28.2. The Balaban J connectivity index is 2.46. The van der Waals surface area contributed by atoms with E-state index in [-0.39, 0.29) is 18.3 Å². The van der Waals surface area contributed by atoms with Crippen LogP contribution in [0.2, 0.25) is 0 Å². The molecule has 1 aliphatic carbocycles. The maximum atomic E-state index is 10.5. The second-order valence-corrected chi connectivity index (χ2v) is 7.05. The molecule has 0 aromatic heterocycles. The fourth-order valence-electron chi connectivity index (χ4n) is 3.41. The van der Waals surface area contributed by atoms with Gasteiger partial charge in [-0.1, -0.05) is 50.5 Å². The summed E-state index contributed by atoms with van der Waals surface area (Å²) in [6, 6.07) is 0. The van der Waals surface area contributed by atoms with Gasteiger partial charge in [0.2, 0.25) is 0 Å². The fraction of sp³-hybridized carbons (Fsp3) is 0.750. The van der Waals surface area contributed by atoms with E-state index < -0.39 is 24.3 Å². The molecule has 0 radical (unpaired) electrons. The second-order valence-electron chi connectivity index (χ2n) is 7.05. The van der Waals surface area contributed by atoms with Gasteiger partial charge in [0, 0.05) is 18.8 Å². The van der Waals surface area contributed by atoms with Crippen molar-refractivity contribution in [3.05, 3.63) is 24.3 Å². The molecule has 144 valence electrons. The van der Waals surface area contributed by atoms with E-state index in [4.69, 9.17) is 5.11 Å². The average Bonchev–Trinajstić information content (AvgIpc) is 2.82. The number of carbonyl (C=O) groups is 1. The number of allylic oxidation sites excluding steroid dienone is 2. The summed E-state index contributed by atoms with van der Waals surface area (Å²) in [5.41, 5.74) is 0. The van der Waals surface area contributed by atoms with E-state index in [1.54, 1.807) is 6.08 Å². The van der Waals surface area contributed by atoms with Crippen molar-refractivity contribution in [2.24, 2.45) is 11.8 Å². The van der Waals surface area contributed by atoms with Crippen LogP contribution in [0.25, 0.3) is 0 Å². The number of unbranched alkanes of at least 4 members (excludes halogenated alkanes) is 3. The first-order chi connectivity index (χ1) is 12.0. The molecule has 0 heterocycles. The van der Waals surface area contributed by atoms with Crippen molar-refractivity contribution in [2.75, 3.05) is 0 Å². The molecule has 1 rings (SSSR count). The SMILES string of the molecule is CCCCC[C@H](O)/C=C/[C@H]1[C@H](O)CC(O)[C@@H]1C/C=C\CCCC(=O)O. The Hall–Kier alpha value is -1.17. The Morgan fingerprint density at radius 1 is 1.16 bits per heavy atom. The maximum Gasteiger partial charge on any atom is 0.303 e. The summed E-state index contributed by atoms with van der Waals surface area (Å²) in [5, 5.41) is 39.0. The van der Waals surface area contributed by atoms with Gasteiger partial charge in [-0.05, 0) is 31.6 Å². The van der Waals surface area contributed by atoms with Gasteiger partial charge in [0.15, 0.2) is 0 Å². The maximum absolute atomic E-state index is 10.5. The van der Waals surface area contributed by atoms with Gasteiger partial charge in [-0.3, -0.25) is 4.79 Å². The topological polar surface area (TPSA) is 98.0 Å². The Morgan fingerprint density at radius 2 is 1.92 bits per heavy atom.